The third kappa shape index (κ3) is 7.76. The molecule has 0 aliphatic carbocycles. The van der Waals surface area contributed by atoms with E-state index in [4.69, 9.17) is 9.47 Å². The Morgan fingerprint density at radius 1 is 0.352 bits per heavy atom. The lowest BCUT2D eigenvalue weighted by molar-refractivity contribution is 0.370. The van der Waals surface area contributed by atoms with Crippen LogP contribution in [0.5, 0.6) is 11.5 Å². The average molecular weight is 949 g/mol. The van der Waals surface area contributed by atoms with E-state index in [-0.39, 0.29) is 0 Å². The van der Waals surface area contributed by atoms with Crippen molar-refractivity contribution in [2.45, 2.75) is 50.7 Å². The lowest BCUT2D eigenvalue weighted by Gasteiger charge is -2.42. The minimum atomic E-state index is -0.541. The van der Waals surface area contributed by atoms with E-state index < -0.39 is 10.8 Å². The number of rotatable bonds is 10. The van der Waals surface area contributed by atoms with Crippen LogP contribution in [0.3, 0.4) is 0 Å². The maximum Gasteiger partial charge on any atom is 0.149 e. The van der Waals surface area contributed by atoms with Gasteiger partial charge in [0, 0.05) is 19.6 Å². The van der Waals surface area contributed by atoms with E-state index in [1.165, 1.54) is 86.0 Å². The van der Waals surface area contributed by atoms with E-state index in [2.05, 4.69) is 242 Å². The van der Waals surface area contributed by atoms with Gasteiger partial charge in [-0.2, -0.15) is 0 Å². The van der Waals surface area contributed by atoms with Gasteiger partial charge in [-0.3, -0.25) is 0 Å². The maximum atomic E-state index is 5.96. The topological polar surface area (TPSA) is 18.5 Å². The molecule has 12 rings (SSSR count). The summed E-state index contributed by atoms with van der Waals surface area (Å²) in [6, 6.07) is 81.3. The molecule has 0 radical (unpaired) electrons. The van der Waals surface area contributed by atoms with Crippen LogP contribution in [0.25, 0.3) is 21.5 Å². The second-order valence-electron chi connectivity index (χ2n) is 18.1. The third-order valence-electron chi connectivity index (χ3n) is 14.3. The number of fused-ring (bicyclic) bond motifs is 6. The molecule has 0 fully saturated rings. The molecule has 0 saturated heterocycles. The number of benzene rings is 10. The van der Waals surface area contributed by atoms with Gasteiger partial charge >= 0.3 is 0 Å². The number of hydrogen-bond acceptors (Lipinski definition) is 4. The van der Waals surface area contributed by atoms with Crippen LogP contribution in [0.15, 0.2) is 238 Å². The van der Waals surface area contributed by atoms with Gasteiger partial charge in [0.1, 0.15) is 24.7 Å². The summed E-state index contributed by atoms with van der Waals surface area (Å²) in [5.41, 5.74) is 11.6. The summed E-state index contributed by atoms with van der Waals surface area (Å²) in [5.74, 6) is 13.5. The second-order valence-corrected chi connectivity index (χ2v) is 20.3. The SMILES string of the molecule is CC#CCOc1ccc2cc(C3(c4ccc(Cc5ccc(C6(c7ccc8cc(OCC#CC)ccc8c7)c7ccccc7Sc7ccccc76)cc5)cc4)c4ccccc4Sc4ccccc43)ccc2c1. The van der Waals surface area contributed by atoms with Crippen molar-refractivity contribution < 1.29 is 9.47 Å². The van der Waals surface area contributed by atoms with Crippen LogP contribution in [0.1, 0.15) is 69.5 Å². The minimum Gasteiger partial charge on any atom is -0.481 e. The van der Waals surface area contributed by atoms with Crippen molar-refractivity contribution in [2.24, 2.45) is 0 Å². The lowest BCUT2D eigenvalue weighted by atomic mass is 9.64. The van der Waals surface area contributed by atoms with Crippen LogP contribution in [-0.4, -0.2) is 13.2 Å². The summed E-state index contributed by atoms with van der Waals surface area (Å²) in [6.45, 7) is 4.42. The fourth-order valence-corrected chi connectivity index (χ4v) is 13.4. The van der Waals surface area contributed by atoms with Gasteiger partial charge in [-0.15, -0.1) is 11.8 Å². The Bertz CT molecular complexity index is 3450. The van der Waals surface area contributed by atoms with E-state index in [0.717, 1.165) is 28.7 Å². The first-order valence-corrected chi connectivity index (χ1v) is 25.8. The normalized spacial score (nSPS) is 13.5. The molecular formula is C67H48O2S2. The summed E-state index contributed by atoms with van der Waals surface area (Å²) in [7, 11) is 0. The molecule has 2 heterocycles. The first-order chi connectivity index (χ1) is 35.1. The lowest BCUT2D eigenvalue weighted by Crippen LogP contribution is -2.34. The molecule has 0 amide bonds. The Balaban J connectivity index is 0.928. The molecule has 2 nitrogen and oxygen atoms in total. The van der Waals surface area contributed by atoms with Crippen LogP contribution < -0.4 is 9.47 Å². The van der Waals surface area contributed by atoms with Crippen molar-refractivity contribution in [3.8, 4) is 35.2 Å². The summed E-state index contributed by atoms with van der Waals surface area (Å²) in [6.07, 6.45) is 0.807. The van der Waals surface area contributed by atoms with Crippen molar-refractivity contribution in [2.75, 3.05) is 13.2 Å². The van der Waals surface area contributed by atoms with Gasteiger partial charge in [-0.1, -0.05) is 193 Å². The van der Waals surface area contributed by atoms with E-state index in [1.54, 1.807) is 0 Å². The van der Waals surface area contributed by atoms with Crippen molar-refractivity contribution in [1.29, 1.82) is 0 Å². The van der Waals surface area contributed by atoms with Gasteiger partial charge in [0.25, 0.3) is 0 Å². The van der Waals surface area contributed by atoms with Crippen LogP contribution in [0.4, 0.5) is 0 Å². The highest BCUT2D eigenvalue weighted by Gasteiger charge is 2.46. The quantitative estimate of drug-likeness (QED) is 0.127. The van der Waals surface area contributed by atoms with E-state index in [0.29, 0.717) is 13.2 Å². The molecular weight excluding hydrogens is 901 g/mol. The average Bonchev–Trinajstić information content (AvgIpc) is 3.42. The monoisotopic (exact) mass is 948 g/mol. The molecule has 2 aliphatic rings. The molecule has 4 heteroatoms. The smallest absolute Gasteiger partial charge is 0.149 e. The van der Waals surface area contributed by atoms with Gasteiger partial charge in [0.2, 0.25) is 0 Å². The highest BCUT2D eigenvalue weighted by molar-refractivity contribution is 7.99. The fraction of sp³-hybridized carbons (Fsp3) is 0.104. The first kappa shape index (κ1) is 44.4. The Morgan fingerprint density at radius 2 is 0.676 bits per heavy atom. The molecule has 340 valence electrons. The molecule has 0 N–H and O–H groups in total. The van der Waals surface area contributed by atoms with Gasteiger partial charge < -0.3 is 9.47 Å². The Morgan fingerprint density at radius 3 is 1.04 bits per heavy atom. The zero-order chi connectivity index (χ0) is 47.8. The molecule has 0 saturated carbocycles. The van der Waals surface area contributed by atoms with Crippen molar-refractivity contribution >= 4 is 45.1 Å². The molecule has 0 unspecified atom stereocenters. The number of hydrogen-bond donors (Lipinski definition) is 0. The van der Waals surface area contributed by atoms with E-state index >= 15 is 0 Å². The van der Waals surface area contributed by atoms with Crippen LogP contribution in [0, 0.1) is 23.7 Å². The predicted molar refractivity (Wildman–Crippen MR) is 293 cm³/mol. The van der Waals surface area contributed by atoms with Gasteiger partial charge in [0.15, 0.2) is 0 Å². The second kappa shape index (κ2) is 18.8. The first-order valence-electron chi connectivity index (χ1n) is 24.1. The minimum absolute atomic E-state index is 0.375. The van der Waals surface area contributed by atoms with Crippen LogP contribution >= 0.6 is 23.5 Å². The summed E-state index contributed by atoms with van der Waals surface area (Å²) in [4.78, 5) is 5.10. The third-order valence-corrected chi connectivity index (χ3v) is 16.6. The summed E-state index contributed by atoms with van der Waals surface area (Å²) >= 11 is 3.73. The molecule has 10 aromatic carbocycles. The summed E-state index contributed by atoms with van der Waals surface area (Å²) in [5, 5.41) is 4.61. The largest absolute Gasteiger partial charge is 0.481 e. The Kier molecular flexibility index (Phi) is 11.7. The Labute approximate surface area is 425 Å². The highest BCUT2D eigenvalue weighted by Crippen LogP contribution is 2.58. The van der Waals surface area contributed by atoms with E-state index in [1.807, 2.05) is 37.4 Å². The molecule has 0 atom stereocenters. The molecule has 0 spiro atoms. The zero-order valence-corrected chi connectivity index (χ0v) is 41.2. The van der Waals surface area contributed by atoms with Crippen molar-refractivity contribution in [3.05, 3.63) is 274 Å². The molecule has 0 aromatic heterocycles. The highest BCUT2D eigenvalue weighted by atomic mass is 32.2. The van der Waals surface area contributed by atoms with E-state index in [9.17, 15) is 0 Å². The van der Waals surface area contributed by atoms with Gasteiger partial charge in [-0.05, 0) is 158 Å². The van der Waals surface area contributed by atoms with Crippen molar-refractivity contribution in [3.63, 3.8) is 0 Å². The fourth-order valence-electron chi connectivity index (χ4n) is 11.0. The number of ether oxygens (including phenoxy) is 2. The molecule has 2 aliphatic heterocycles. The molecule has 0 bridgehead atoms. The van der Waals surface area contributed by atoms with Crippen LogP contribution in [-0.2, 0) is 17.3 Å². The zero-order valence-electron chi connectivity index (χ0n) is 39.5. The predicted octanol–water partition coefficient (Wildman–Crippen LogP) is 16.1. The maximum absolute atomic E-state index is 5.96. The standard InChI is InChI=1S/C67H48O2S2/c1-3-5-39-68-56-37-29-48-42-54(35-27-50(48)44-56)66(58-15-7-11-19-62(58)70-63-20-12-8-16-59(63)66)52-31-23-46(24-32-52)41-47-25-33-53(34-26-47)67(60-17-9-13-21-64(60)71-65-22-14-10-18-61(65)67)55-36-28-51-45-57(69-40-6-4-2)38-30-49(51)43-55/h7-38,42-45H,39-41H2,1-2H3. The van der Waals surface area contributed by atoms with Gasteiger partial charge in [-0.25, -0.2) is 0 Å². The molecule has 71 heavy (non-hydrogen) atoms. The van der Waals surface area contributed by atoms with Gasteiger partial charge in [0.05, 0.1) is 10.8 Å². The molecule has 10 aromatic rings. The Hall–Kier alpha value is -7.86. The summed E-state index contributed by atoms with van der Waals surface area (Å²) < 4.78 is 11.9. The van der Waals surface area contributed by atoms with Crippen LogP contribution in [0.2, 0.25) is 0 Å². The van der Waals surface area contributed by atoms with Crippen molar-refractivity contribution in [1.82, 2.24) is 0 Å².